The average Bonchev–Trinajstić information content (AvgIpc) is 2.78. The van der Waals surface area contributed by atoms with E-state index in [0.29, 0.717) is 6.42 Å². The fourth-order valence-corrected chi connectivity index (χ4v) is 4.59. The van der Waals surface area contributed by atoms with Crippen LogP contribution in [-0.2, 0) is 22.8 Å². The van der Waals surface area contributed by atoms with Gasteiger partial charge in [0.2, 0.25) is 0 Å². The average molecular weight is 282 g/mol. The zero-order valence-electron chi connectivity index (χ0n) is 11.0. The summed E-state index contributed by atoms with van der Waals surface area (Å²) in [5.74, 6) is 1.39. The molecule has 1 unspecified atom stereocenters. The van der Waals surface area contributed by atoms with Gasteiger partial charge >= 0.3 is 0 Å². The van der Waals surface area contributed by atoms with Crippen molar-refractivity contribution in [3.05, 3.63) is 17.6 Å². The molecular formula is C12H18N4O2S. The van der Waals surface area contributed by atoms with Crippen LogP contribution in [0.4, 0.5) is 5.82 Å². The molecule has 19 heavy (non-hydrogen) atoms. The van der Waals surface area contributed by atoms with Crippen LogP contribution in [0.5, 0.6) is 0 Å². The second kappa shape index (κ2) is 4.72. The predicted molar refractivity (Wildman–Crippen MR) is 72.9 cm³/mol. The van der Waals surface area contributed by atoms with E-state index in [0.717, 1.165) is 36.6 Å². The molecule has 0 spiro atoms. The molecule has 1 aromatic heterocycles. The van der Waals surface area contributed by atoms with Crippen molar-refractivity contribution in [2.45, 2.75) is 25.4 Å². The molecule has 3 rings (SSSR count). The second-order valence-corrected chi connectivity index (χ2v) is 7.45. The summed E-state index contributed by atoms with van der Waals surface area (Å²) in [6.07, 6.45) is 3.17. The van der Waals surface area contributed by atoms with Gasteiger partial charge in [0.25, 0.3) is 0 Å². The second-order valence-electron chi connectivity index (χ2n) is 5.22. The van der Waals surface area contributed by atoms with Crippen LogP contribution in [0, 0.1) is 0 Å². The van der Waals surface area contributed by atoms with Crippen LogP contribution in [0.15, 0.2) is 6.33 Å². The Morgan fingerprint density at radius 3 is 3.00 bits per heavy atom. The standard InChI is InChI=1S/C12H18N4O2S/c1-16(9-3-5-19(17,18)7-9)12-10-6-13-4-2-11(10)14-8-15-12/h8-9,13H,2-7H2,1H3. The van der Waals surface area contributed by atoms with Crippen molar-refractivity contribution in [1.29, 1.82) is 0 Å². The van der Waals surface area contributed by atoms with Crippen molar-refractivity contribution < 1.29 is 8.42 Å². The Hall–Kier alpha value is -1.21. The third-order valence-electron chi connectivity index (χ3n) is 3.94. The molecule has 7 heteroatoms. The predicted octanol–water partition coefficient (Wildman–Crippen LogP) is -0.254. The van der Waals surface area contributed by atoms with E-state index in [2.05, 4.69) is 15.3 Å². The highest BCUT2D eigenvalue weighted by Gasteiger charge is 2.32. The van der Waals surface area contributed by atoms with Crippen molar-refractivity contribution in [2.24, 2.45) is 0 Å². The van der Waals surface area contributed by atoms with Crippen LogP contribution in [0.25, 0.3) is 0 Å². The molecule has 1 aromatic rings. The fraction of sp³-hybridized carbons (Fsp3) is 0.667. The normalized spacial score (nSPS) is 25.0. The van der Waals surface area contributed by atoms with Gasteiger partial charge in [0.15, 0.2) is 9.84 Å². The first-order valence-corrected chi connectivity index (χ1v) is 8.36. The summed E-state index contributed by atoms with van der Waals surface area (Å²) in [7, 11) is -0.937. The molecule has 1 N–H and O–H groups in total. The number of hydrogen-bond donors (Lipinski definition) is 1. The topological polar surface area (TPSA) is 75.2 Å². The van der Waals surface area contributed by atoms with E-state index in [4.69, 9.17) is 0 Å². The first-order chi connectivity index (χ1) is 9.07. The number of rotatable bonds is 2. The van der Waals surface area contributed by atoms with Gasteiger partial charge in [-0.15, -0.1) is 0 Å². The number of nitrogens with one attached hydrogen (secondary N) is 1. The van der Waals surface area contributed by atoms with E-state index in [-0.39, 0.29) is 17.5 Å². The van der Waals surface area contributed by atoms with Crippen LogP contribution in [0.3, 0.4) is 0 Å². The van der Waals surface area contributed by atoms with E-state index in [1.165, 1.54) is 0 Å². The molecule has 0 saturated carbocycles. The molecule has 0 aliphatic carbocycles. The Bertz CT molecular complexity index is 587. The van der Waals surface area contributed by atoms with Gasteiger partial charge in [0, 0.05) is 38.2 Å². The smallest absolute Gasteiger partial charge is 0.152 e. The first-order valence-electron chi connectivity index (χ1n) is 6.53. The quantitative estimate of drug-likeness (QED) is 0.806. The molecule has 0 aromatic carbocycles. The maximum absolute atomic E-state index is 11.6. The molecular weight excluding hydrogens is 264 g/mol. The Balaban J connectivity index is 1.90. The molecule has 6 nitrogen and oxygen atoms in total. The van der Waals surface area contributed by atoms with Crippen LogP contribution < -0.4 is 10.2 Å². The zero-order valence-corrected chi connectivity index (χ0v) is 11.8. The van der Waals surface area contributed by atoms with Crippen molar-refractivity contribution in [3.8, 4) is 0 Å². The zero-order chi connectivity index (χ0) is 13.5. The van der Waals surface area contributed by atoms with Crippen molar-refractivity contribution in [2.75, 3.05) is 30.0 Å². The maximum atomic E-state index is 11.6. The molecule has 3 heterocycles. The molecule has 0 amide bonds. The van der Waals surface area contributed by atoms with Crippen LogP contribution in [-0.4, -0.2) is 49.5 Å². The van der Waals surface area contributed by atoms with Gasteiger partial charge in [0.05, 0.1) is 17.2 Å². The third-order valence-corrected chi connectivity index (χ3v) is 5.69. The third kappa shape index (κ3) is 2.44. The van der Waals surface area contributed by atoms with Gasteiger partial charge in [0.1, 0.15) is 12.1 Å². The van der Waals surface area contributed by atoms with Gasteiger partial charge in [-0.25, -0.2) is 18.4 Å². The fourth-order valence-electron chi connectivity index (χ4n) is 2.81. The van der Waals surface area contributed by atoms with E-state index in [1.807, 2.05) is 11.9 Å². The summed E-state index contributed by atoms with van der Waals surface area (Å²) in [4.78, 5) is 10.7. The Morgan fingerprint density at radius 1 is 1.42 bits per heavy atom. The molecule has 1 saturated heterocycles. The van der Waals surface area contributed by atoms with E-state index in [1.54, 1.807) is 6.33 Å². The number of fused-ring (bicyclic) bond motifs is 1. The minimum Gasteiger partial charge on any atom is -0.355 e. The molecule has 1 atom stereocenters. The van der Waals surface area contributed by atoms with Crippen molar-refractivity contribution >= 4 is 15.7 Å². The highest BCUT2D eigenvalue weighted by Crippen LogP contribution is 2.26. The lowest BCUT2D eigenvalue weighted by Gasteiger charge is -2.28. The molecule has 0 bridgehead atoms. The number of aromatic nitrogens is 2. The molecule has 2 aliphatic heterocycles. The van der Waals surface area contributed by atoms with Gasteiger partial charge in [-0.1, -0.05) is 0 Å². The summed E-state index contributed by atoms with van der Waals surface area (Å²) in [5, 5.41) is 3.32. The lowest BCUT2D eigenvalue weighted by atomic mass is 10.1. The Morgan fingerprint density at radius 2 is 2.26 bits per heavy atom. The number of sulfone groups is 1. The van der Waals surface area contributed by atoms with Gasteiger partial charge in [-0.2, -0.15) is 0 Å². The van der Waals surface area contributed by atoms with E-state index >= 15 is 0 Å². The molecule has 104 valence electrons. The number of hydrogen-bond acceptors (Lipinski definition) is 6. The van der Waals surface area contributed by atoms with Gasteiger partial charge in [-0.3, -0.25) is 0 Å². The number of nitrogens with zero attached hydrogens (tertiary/aromatic N) is 3. The minimum absolute atomic E-state index is 0.0333. The SMILES string of the molecule is CN(c1ncnc2c1CNCC2)C1CCS(=O)(=O)C1. The largest absolute Gasteiger partial charge is 0.355 e. The summed E-state index contributed by atoms with van der Waals surface area (Å²) in [5.41, 5.74) is 2.19. The lowest BCUT2D eigenvalue weighted by molar-refractivity contribution is 0.599. The van der Waals surface area contributed by atoms with E-state index < -0.39 is 9.84 Å². The summed E-state index contributed by atoms with van der Waals surface area (Å²) >= 11 is 0. The molecule has 2 aliphatic rings. The minimum atomic E-state index is -2.87. The highest BCUT2D eigenvalue weighted by atomic mass is 32.2. The summed E-state index contributed by atoms with van der Waals surface area (Å²) < 4.78 is 23.2. The monoisotopic (exact) mass is 282 g/mol. The lowest BCUT2D eigenvalue weighted by Crippen LogP contribution is -2.36. The highest BCUT2D eigenvalue weighted by molar-refractivity contribution is 7.91. The molecule has 1 fully saturated rings. The van der Waals surface area contributed by atoms with Gasteiger partial charge < -0.3 is 10.2 Å². The van der Waals surface area contributed by atoms with Crippen LogP contribution in [0.2, 0.25) is 0 Å². The maximum Gasteiger partial charge on any atom is 0.152 e. The van der Waals surface area contributed by atoms with Crippen LogP contribution >= 0.6 is 0 Å². The Kier molecular flexibility index (Phi) is 3.18. The first kappa shape index (κ1) is 12.8. The summed E-state index contributed by atoms with van der Waals surface area (Å²) in [6, 6.07) is 0.0333. The van der Waals surface area contributed by atoms with Gasteiger partial charge in [-0.05, 0) is 6.42 Å². The number of anilines is 1. The van der Waals surface area contributed by atoms with Crippen LogP contribution in [0.1, 0.15) is 17.7 Å². The van der Waals surface area contributed by atoms with Crippen molar-refractivity contribution in [1.82, 2.24) is 15.3 Å². The Labute approximate surface area is 113 Å². The molecule has 0 radical (unpaired) electrons. The summed E-state index contributed by atoms with van der Waals surface area (Å²) in [6.45, 7) is 1.69. The van der Waals surface area contributed by atoms with Crippen molar-refractivity contribution in [3.63, 3.8) is 0 Å². The van der Waals surface area contributed by atoms with E-state index in [9.17, 15) is 8.42 Å².